The number of hydrogen-bond acceptors (Lipinski definition) is 1. The van der Waals surface area contributed by atoms with E-state index in [1.807, 2.05) is 12.1 Å². The van der Waals surface area contributed by atoms with Crippen LogP contribution in [0.2, 0.25) is 10.0 Å². The molecule has 0 aliphatic heterocycles. The number of hydrogen-bond donors (Lipinski definition) is 1. The fourth-order valence-electron chi connectivity index (χ4n) is 1.93. The van der Waals surface area contributed by atoms with Gasteiger partial charge in [-0.3, -0.25) is 0 Å². The van der Waals surface area contributed by atoms with Gasteiger partial charge in [0.2, 0.25) is 0 Å². The van der Waals surface area contributed by atoms with E-state index in [1.165, 1.54) is 12.8 Å². The lowest BCUT2D eigenvalue weighted by Crippen LogP contribution is -2.15. The van der Waals surface area contributed by atoms with E-state index in [4.69, 9.17) is 23.2 Å². The Morgan fingerprint density at radius 2 is 2.12 bits per heavy atom. The zero-order valence-corrected chi connectivity index (χ0v) is 10.6. The molecule has 1 aromatic carbocycles. The van der Waals surface area contributed by atoms with Crippen LogP contribution in [-0.2, 0) is 0 Å². The zero-order valence-electron chi connectivity index (χ0n) is 9.05. The molecular weight excluding hydrogens is 241 g/mol. The van der Waals surface area contributed by atoms with Gasteiger partial charge in [0.15, 0.2) is 0 Å². The maximum absolute atomic E-state index is 6.08. The lowest BCUT2D eigenvalue weighted by molar-refractivity contribution is 0.504. The topological polar surface area (TPSA) is 12.0 Å². The first-order valence-electron chi connectivity index (χ1n) is 5.59. The molecule has 2 rings (SSSR count). The fourth-order valence-corrected chi connectivity index (χ4v) is 2.29. The van der Waals surface area contributed by atoms with E-state index in [-0.39, 0.29) is 0 Å². The molecule has 1 aliphatic carbocycles. The van der Waals surface area contributed by atoms with Crippen LogP contribution >= 0.6 is 23.2 Å². The van der Waals surface area contributed by atoms with Crippen molar-refractivity contribution in [1.82, 2.24) is 0 Å². The van der Waals surface area contributed by atoms with Gasteiger partial charge in [-0.15, -0.1) is 0 Å². The summed E-state index contributed by atoms with van der Waals surface area (Å²) >= 11 is 12.0. The molecule has 16 heavy (non-hydrogen) atoms. The molecule has 3 heteroatoms. The molecular formula is C13H15Cl2N. The quantitative estimate of drug-likeness (QED) is 0.768. The van der Waals surface area contributed by atoms with Gasteiger partial charge in [0.05, 0.1) is 10.7 Å². The van der Waals surface area contributed by atoms with Gasteiger partial charge in [0, 0.05) is 11.6 Å². The summed E-state index contributed by atoms with van der Waals surface area (Å²) < 4.78 is 0. The Kier molecular flexibility index (Phi) is 4.14. The van der Waals surface area contributed by atoms with Crippen LogP contribution in [-0.4, -0.2) is 6.54 Å². The summed E-state index contributed by atoms with van der Waals surface area (Å²) in [5.41, 5.74) is 0.934. The van der Waals surface area contributed by atoms with Crippen molar-refractivity contribution < 1.29 is 0 Å². The van der Waals surface area contributed by atoms with E-state index in [0.717, 1.165) is 28.7 Å². The van der Waals surface area contributed by atoms with E-state index in [0.29, 0.717) is 5.92 Å². The molecule has 1 nitrogen and oxygen atoms in total. The number of rotatable bonds is 3. The highest BCUT2D eigenvalue weighted by Gasteiger charge is 2.10. The Morgan fingerprint density at radius 3 is 2.88 bits per heavy atom. The Hall–Kier alpha value is -0.660. The maximum atomic E-state index is 6.08. The van der Waals surface area contributed by atoms with Crippen molar-refractivity contribution in [3.63, 3.8) is 0 Å². The average molecular weight is 256 g/mol. The van der Waals surface area contributed by atoms with Gasteiger partial charge < -0.3 is 5.32 Å². The highest BCUT2D eigenvalue weighted by Crippen LogP contribution is 2.26. The first-order valence-corrected chi connectivity index (χ1v) is 6.35. The van der Waals surface area contributed by atoms with Crippen LogP contribution in [0.4, 0.5) is 5.69 Å². The van der Waals surface area contributed by atoms with Crippen LogP contribution in [0.3, 0.4) is 0 Å². The number of anilines is 1. The van der Waals surface area contributed by atoms with E-state index in [1.54, 1.807) is 6.07 Å². The molecule has 0 aromatic heterocycles. The molecule has 86 valence electrons. The Labute approximate surface area is 106 Å². The second kappa shape index (κ2) is 5.60. The third kappa shape index (κ3) is 3.16. The van der Waals surface area contributed by atoms with Crippen molar-refractivity contribution in [2.45, 2.75) is 19.3 Å². The molecule has 0 heterocycles. The minimum absolute atomic E-state index is 0.708. The van der Waals surface area contributed by atoms with Crippen molar-refractivity contribution >= 4 is 28.9 Å². The van der Waals surface area contributed by atoms with E-state index < -0.39 is 0 Å². The van der Waals surface area contributed by atoms with Crippen LogP contribution in [0, 0.1) is 5.92 Å². The highest BCUT2D eigenvalue weighted by molar-refractivity contribution is 6.35. The summed E-state index contributed by atoms with van der Waals surface area (Å²) in [5.74, 6) is 0.708. The summed E-state index contributed by atoms with van der Waals surface area (Å²) in [6, 6.07) is 5.51. The van der Waals surface area contributed by atoms with Crippen LogP contribution in [0.25, 0.3) is 0 Å². The van der Waals surface area contributed by atoms with Gasteiger partial charge >= 0.3 is 0 Å². The largest absolute Gasteiger partial charge is 0.384 e. The average Bonchev–Trinajstić information content (AvgIpc) is 2.32. The molecule has 1 aromatic rings. The van der Waals surface area contributed by atoms with Crippen molar-refractivity contribution in [3.05, 3.63) is 40.4 Å². The van der Waals surface area contributed by atoms with Crippen LogP contribution < -0.4 is 5.32 Å². The number of allylic oxidation sites excluding steroid dienone is 2. The molecule has 0 radical (unpaired) electrons. The number of nitrogens with one attached hydrogen (secondary N) is 1. The molecule has 1 atom stereocenters. The molecule has 1 N–H and O–H groups in total. The number of benzene rings is 1. The molecule has 0 bridgehead atoms. The number of halogens is 2. The van der Waals surface area contributed by atoms with Crippen molar-refractivity contribution in [3.8, 4) is 0 Å². The van der Waals surface area contributed by atoms with Crippen LogP contribution in [0.5, 0.6) is 0 Å². The van der Waals surface area contributed by atoms with Gasteiger partial charge in [-0.25, -0.2) is 0 Å². The monoisotopic (exact) mass is 255 g/mol. The highest BCUT2D eigenvalue weighted by atomic mass is 35.5. The standard InChI is InChI=1S/C13H15Cl2N/c14-11-6-7-12(15)13(8-11)16-9-10-4-2-1-3-5-10/h1-2,6-8,10,16H,3-5,9H2. The van der Waals surface area contributed by atoms with Crippen molar-refractivity contribution in [2.24, 2.45) is 5.92 Å². The van der Waals surface area contributed by atoms with E-state index in [2.05, 4.69) is 17.5 Å². The van der Waals surface area contributed by atoms with Gasteiger partial charge in [-0.1, -0.05) is 35.4 Å². The SMILES string of the molecule is Clc1ccc(Cl)c(NCC2CC=CCC2)c1. The van der Waals surface area contributed by atoms with Crippen LogP contribution in [0.1, 0.15) is 19.3 Å². The predicted octanol–water partition coefficient (Wildman–Crippen LogP) is 4.76. The van der Waals surface area contributed by atoms with E-state index in [9.17, 15) is 0 Å². The van der Waals surface area contributed by atoms with Crippen molar-refractivity contribution in [1.29, 1.82) is 0 Å². The molecule has 1 unspecified atom stereocenters. The minimum atomic E-state index is 0.708. The minimum Gasteiger partial charge on any atom is -0.384 e. The maximum Gasteiger partial charge on any atom is 0.0638 e. The molecule has 0 amide bonds. The summed E-state index contributed by atoms with van der Waals surface area (Å²) in [6.07, 6.45) is 8.11. The summed E-state index contributed by atoms with van der Waals surface area (Å²) in [4.78, 5) is 0. The Bertz CT molecular complexity index is 388. The van der Waals surface area contributed by atoms with Crippen molar-refractivity contribution in [2.75, 3.05) is 11.9 Å². The summed E-state index contributed by atoms with van der Waals surface area (Å²) in [7, 11) is 0. The molecule has 0 saturated carbocycles. The molecule has 0 fully saturated rings. The smallest absolute Gasteiger partial charge is 0.0638 e. The van der Waals surface area contributed by atoms with Crippen LogP contribution in [0.15, 0.2) is 30.4 Å². The van der Waals surface area contributed by atoms with Gasteiger partial charge in [0.25, 0.3) is 0 Å². The second-order valence-electron chi connectivity index (χ2n) is 4.16. The normalized spacial score (nSPS) is 19.8. The molecule has 1 aliphatic rings. The lowest BCUT2D eigenvalue weighted by Gasteiger charge is -2.19. The molecule has 0 spiro atoms. The van der Waals surface area contributed by atoms with Gasteiger partial charge in [-0.05, 0) is 43.4 Å². The third-order valence-electron chi connectivity index (χ3n) is 2.89. The Morgan fingerprint density at radius 1 is 1.25 bits per heavy atom. The first kappa shape index (κ1) is 11.8. The Balaban J connectivity index is 1.93. The lowest BCUT2D eigenvalue weighted by atomic mass is 9.94. The first-order chi connectivity index (χ1) is 7.75. The van der Waals surface area contributed by atoms with E-state index >= 15 is 0 Å². The molecule has 0 saturated heterocycles. The fraction of sp³-hybridized carbons (Fsp3) is 0.385. The summed E-state index contributed by atoms with van der Waals surface area (Å²) in [6.45, 7) is 0.963. The summed E-state index contributed by atoms with van der Waals surface area (Å²) in [5, 5.41) is 4.82. The van der Waals surface area contributed by atoms with Gasteiger partial charge in [0.1, 0.15) is 0 Å². The predicted molar refractivity (Wildman–Crippen MR) is 71.4 cm³/mol. The second-order valence-corrected chi connectivity index (χ2v) is 5.00. The van der Waals surface area contributed by atoms with Gasteiger partial charge in [-0.2, -0.15) is 0 Å². The zero-order chi connectivity index (χ0) is 11.4. The third-order valence-corrected chi connectivity index (χ3v) is 3.45.